The van der Waals surface area contributed by atoms with Gasteiger partial charge in [-0.2, -0.15) is 0 Å². The lowest BCUT2D eigenvalue weighted by molar-refractivity contribution is 0.349. The maximum Gasteiger partial charge on any atom is 0.127 e. The molecule has 19 heavy (non-hydrogen) atoms. The first kappa shape index (κ1) is 16.3. The summed E-state index contributed by atoms with van der Waals surface area (Å²) < 4.78 is 6.97. The Balaban J connectivity index is 2.92. The molecule has 1 aromatic carbocycles. The average molecular weight is 326 g/mol. The molecular formula is C16H24BrNO. The van der Waals surface area contributed by atoms with E-state index in [1.54, 1.807) is 0 Å². The third kappa shape index (κ3) is 5.79. The standard InChI is InChI=1S/C16H24BrNO/c1-6-7-8-19-15-12(2)9-14(17)10-13(15)11-18-16(3,4)5/h6-7,9-10,18H,8,11H2,1-5H3/b7-6+. The van der Waals surface area contributed by atoms with Gasteiger partial charge >= 0.3 is 0 Å². The SMILES string of the molecule is C/C=C/COc1c(C)cc(Br)cc1CNC(C)(C)C. The molecule has 0 saturated heterocycles. The molecule has 0 aliphatic heterocycles. The molecule has 0 unspecified atom stereocenters. The molecule has 0 saturated carbocycles. The minimum absolute atomic E-state index is 0.0941. The summed E-state index contributed by atoms with van der Waals surface area (Å²) in [6.07, 6.45) is 4.02. The fourth-order valence-corrected chi connectivity index (χ4v) is 2.34. The van der Waals surface area contributed by atoms with E-state index in [0.29, 0.717) is 6.61 Å². The van der Waals surface area contributed by atoms with Crippen molar-refractivity contribution in [2.75, 3.05) is 6.61 Å². The number of benzene rings is 1. The lowest BCUT2D eigenvalue weighted by atomic mass is 10.1. The van der Waals surface area contributed by atoms with Gasteiger partial charge in [0.1, 0.15) is 12.4 Å². The number of rotatable bonds is 5. The predicted octanol–water partition coefficient (Wildman–Crippen LogP) is 4.60. The largest absolute Gasteiger partial charge is 0.489 e. The second kappa shape index (κ2) is 7.11. The molecule has 0 aliphatic rings. The molecule has 1 rings (SSSR count). The van der Waals surface area contributed by atoms with E-state index in [0.717, 1.165) is 22.3 Å². The molecule has 0 amide bonds. The van der Waals surface area contributed by atoms with Crippen LogP contribution in [-0.2, 0) is 6.54 Å². The second-order valence-corrected chi connectivity index (χ2v) is 6.61. The van der Waals surface area contributed by atoms with Crippen LogP contribution < -0.4 is 10.1 Å². The zero-order valence-electron chi connectivity index (χ0n) is 12.5. The van der Waals surface area contributed by atoms with Crippen LogP contribution in [0.3, 0.4) is 0 Å². The van der Waals surface area contributed by atoms with Crippen LogP contribution in [-0.4, -0.2) is 12.1 Å². The van der Waals surface area contributed by atoms with Crippen molar-refractivity contribution in [2.45, 2.75) is 46.7 Å². The van der Waals surface area contributed by atoms with Crippen LogP contribution >= 0.6 is 15.9 Å². The second-order valence-electron chi connectivity index (χ2n) is 5.69. The summed E-state index contributed by atoms with van der Waals surface area (Å²) in [5.74, 6) is 0.984. The number of hydrogen-bond acceptors (Lipinski definition) is 2. The van der Waals surface area contributed by atoms with Crippen LogP contribution in [0.1, 0.15) is 38.8 Å². The maximum absolute atomic E-state index is 5.88. The topological polar surface area (TPSA) is 21.3 Å². The molecule has 0 heterocycles. The van der Waals surface area contributed by atoms with Gasteiger partial charge in [0.25, 0.3) is 0 Å². The summed E-state index contributed by atoms with van der Waals surface area (Å²) in [4.78, 5) is 0. The molecule has 0 atom stereocenters. The molecule has 0 aliphatic carbocycles. The third-order valence-electron chi connectivity index (χ3n) is 2.69. The van der Waals surface area contributed by atoms with E-state index in [1.165, 1.54) is 5.56 Å². The fraction of sp³-hybridized carbons (Fsp3) is 0.500. The van der Waals surface area contributed by atoms with Gasteiger partial charge in [0.15, 0.2) is 0 Å². The zero-order chi connectivity index (χ0) is 14.5. The van der Waals surface area contributed by atoms with E-state index in [2.05, 4.69) is 61.1 Å². The van der Waals surface area contributed by atoms with E-state index in [1.807, 2.05) is 19.1 Å². The molecule has 0 fully saturated rings. The molecule has 0 spiro atoms. The summed E-state index contributed by atoms with van der Waals surface area (Å²) in [6, 6.07) is 4.21. The van der Waals surface area contributed by atoms with Gasteiger partial charge in [-0.05, 0) is 52.3 Å². The van der Waals surface area contributed by atoms with E-state index in [4.69, 9.17) is 4.74 Å². The lowest BCUT2D eigenvalue weighted by Crippen LogP contribution is -2.35. The Bertz CT molecular complexity index is 447. The highest BCUT2D eigenvalue weighted by molar-refractivity contribution is 9.10. The minimum atomic E-state index is 0.0941. The first-order valence-corrected chi connectivity index (χ1v) is 7.41. The van der Waals surface area contributed by atoms with Crippen LogP contribution in [0.15, 0.2) is 28.8 Å². The van der Waals surface area contributed by atoms with Crippen molar-refractivity contribution >= 4 is 15.9 Å². The van der Waals surface area contributed by atoms with Crippen LogP contribution in [0, 0.1) is 6.92 Å². The summed E-state index contributed by atoms with van der Waals surface area (Å²) in [5.41, 5.74) is 2.44. The number of allylic oxidation sites excluding steroid dienone is 1. The molecule has 3 heteroatoms. The quantitative estimate of drug-likeness (QED) is 0.799. The highest BCUT2D eigenvalue weighted by Gasteiger charge is 2.13. The molecule has 0 aromatic heterocycles. The predicted molar refractivity (Wildman–Crippen MR) is 85.8 cm³/mol. The van der Waals surface area contributed by atoms with Gasteiger partial charge in [-0.3, -0.25) is 0 Å². The summed E-state index contributed by atoms with van der Waals surface area (Å²) in [5, 5.41) is 3.50. The van der Waals surface area contributed by atoms with Crippen molar-refractivity contribution in [3.63, 3.8) is 0 Å². The average Bonchev–Trinajstić information content (AvgIpc) is 2.28. The van der Waals surface area contributed by atoms with E-state index < -0.39 is 0 Å². The van der Waals surface area contributed by atoms with Crippen molar-refractivity contribution < 1.29 is 4.74 Å². The minimum Gasteiger partial charge on any atom is -0.489 e. The molecule has 106 valence electrons. The summed E-state index contributed by atoms with van der Waals surface area (Å²) >= 11 is 3.55. The Morgan fingerprint density at radius 3 is 2.58 bits per heavy atom. The highest BCUT2D eigenvalue weighted by Crippen LogP contribution is 2.28. The van der Waals surface area contributed by atoms with Crippen molar-refractivity contribution in [2.24, 2.45) is 0 Å². The first-order chi connectivity index (χ1) is 8.83. The van der Waals surface area contributed by atoms with E-state index in [-0.39, 0.29) is 5.54 Å². The van der Waals surface area contributed by atoms with Gasteiger partial charge in [-0.25, -0.2) is 0 Å². The van der Waals surface area contributed by atoms with Gasteiger partial charge < -0.3 is 10.1 Å². The van der Waals surface area contributed by atoms with Crippen LogP contribution in [0.4, 0.5) is 0 Å². The molecule has 2 nitrogen and oxygen atoms in total. The summed E-state index contributed by atoms with van der Waals surface area (Å²) in [7, 11) is 0. The van der Waals surface area contributed by atoms with Crippen molar-refractivity contribution in [3.8, 4) is 5.75 Å². The monoisotopic (exact) mass is 325 g/mol. The smallest absolute Gasteiger partial charge is 0.127 e. The van der Waals surface area contributed by atoms with E-state index >= 15 is 0 Å². The Labute approximate surface area is 125 Å². The van der Waals surface area contributed by atoms with Crippen LogP contribution in [0.25, 0.3) is 0 Å². The Hall–Kier alpha value is -0.800. The molecule has 1 aromatic rings. The molecule has 0 radical (unpaired) electrons. The number of hydrogen-bond donors (Lipinski definition) is 1. The number of nitrogens with one attached hydrogen (secondary N) is 1. The van der Waals surface area contributed by atoms with Gasteiger partial charge in [-0.1, -0.05) is 28.1 Å². The van der Waals surface area contributed by atoms with Crippen LogP contribution in [0.5, 0.6) is 5.75 Å². The van der Waals surface area contributed by atoms with Crippen molar-refractivity contribution in [1.29, 1.82) is 0 Å². The van der Waals surface area contributed by atoms with Crippen LogP contribution in [0.2, 0.25) is 0 Å². The van der Waals surface area contributed by atoms with Crippen molar-refractivity contribution in [1.82, 2.24) is 5.32 Å². The third-order valence-corrected chi connectivity index (χ3v) is 3.14. The normalized spacial score (nSPS) is 12.1. The van der Waals surface area contributed by atoms with Gasteiger partial charge in [-0.15, -0.1) is 0 Å². The van der Waals surface area contributed by atoms with Crippen molar-refractivity contribution in [3.05, 3.63) is 39.9 Å². The van der Waals surface area contributed by atoms with E-state index in [9.17, 15) is 0 Å². The Morgan fingerprint density at radius 1 is 1.32 bits per heavy atom. The highest BCUT2D eigenvalue weighted by atomic mass is 79.9. The molecule has 0 bridgehead atoms. The maximum atomic E-state index is 5.88. The number of ether oxygens (including phenoxy) is 1. The summed E-state index contributed by atoms with van der Waals surface area (Å²) in [6.45, 7) is 12.0. The van der Waals surface area contributed by atoms with Gasteiger partial charge in [0.05, 0.1) is 0 Å². The Kier molecular flexibility index (Phi) is 6.08. The molecular weight excluding hydrogens is 302 g/mol. The number of halogens is 1. The lowest BCUT2D eigenvalue weighted by Gasteiger charge is -2.22. The fourth-order valence-electron chi connectivity index (χ4n) is 1.73. The first-order valence-electron chi connectivity index (χ1n) is 6.61. The van der Waals surface area contributed by atoms with Gasteiger partial charge in [0.2, 0.25) is 0 Å². The Morgan fingerprint density at radius 2 is 2.00 bits per heavy atom. The zero-order valence-corrected chi connectivity index (χ0v) is 14.1. The van der Waals surface area contributed by atoms with Gasteiger partial charge in [0, 0.05) is 22.1 Å². The molecule has 1 N–H and O–H groups in total. The number of aryl methyl sites for hydroxylation is 1.